The van der Waals surface area contributed by atoms with Crippen molar-refractivity contribution in [2.75, 3.05) is 6.54 Å². The van der Waals surface area contributed by atoms with Crippen LogP contribution in [0, 0.1) is 17.3 Å². The van der Waals surface area contributed by atoms with Crippen LogP contribution in [0.5, 0.6) is 0 Å². The summed E-state index contributed by atoms with van der Waals surface area (Å²) in [7, 11) is 0. The first-order valence-corrected chi connectivity index (χ1v) is 15.9. The van der Waals surface area contributed by atoms with E-state index in [-0.39, 0.29) is 19.3 Å². The Balaban J connectivity index is 1.86. The zero-order valence-electron chi connectivity index (χ0n) is 27.7. The van der Waals surface area contributed by atoms with Gasteiger partial charge in [-0.1, -0.05) is 64.4 Å². The highest BCUT2D eigenvalue weighted by Crippen LogP contribution is 2.51. The third-order valence-electron chi connectivity index (χ3n) is 8.59. The van der Waals surface area contributed by atoms with Crippen LogP contribution in [-0.4, -0.2) is 88.3 Å². The minimum Gasteiger partial charge on any atom is -0.480 e. The van der Waals surface area contributed by atoms with Gasteiger partial charge in [-0.3, -0.25) is 19.2 Å². The molecule has 3 rings (SSSR count). The Morgan fingerprint density at radius 2 is 1.66 bits per heavy atom. The fraction of sp³-hybridized carbons (Fsp3) is 0.636. The summed E-state index contributed by atoms with van der Waals surface area (Å²) < 4.78 is 35.2. The lowest BCUT2D eigenvalue weighted by atomic mass is 9.85. The van der Waals surface area contributed by atoms with Gasteiger partial charge >= 0.3 is 12.1 Å². The number of carboxylic acid groups (broad SMARTS) is 1. The zero-order valence-corrected chi connectivity index (χ0v) is 27.7. The lowest BCUT2D eigenvalue weighted by Crippen LogP contribution is -2.60. The molecule has 1 aliphatic carbocycles. The predicted octanol–water partition coefficient (Wildman–Crippen LogP) is 3.07. The molecule has 6 atom stereocenters. The number of carbonyl (C=O) groups is 6. The van der Waals surface area contributed by atoms with Crippen LogP contribution in [0.3, 0.4) is 0 Å². The molecule has 2 aliphatic rings. The van der Waals surface area contributed by atoms with Crippen molar-refractivity contribution in [3.05, 3.63) is 35.9 Å². The second-order valence-electron chi connectivity index (χ2n) is 13.7. The molecule has 1 aliphatic heterocycles. The van der Waals surface area contributed by atoms with Gasteiger partial charge in [-0.25, -0.2) is 18.4 Å². The van der Waals surface area contributed by atoms with Crippen LogP contribution in [0.15, 0.2) is 30.3 Å². The summed E-state index contributed by atoms with van der Waals surface area (Å²) >= 11 is 0. The highest BCUT2D eigenvalue weighted by atomic mass is 19.3. The molecule has 1 aromatic rings. The first-order valence-electron chi connectivity index (χ1n) is 15.9. The van der Waals surface area contributed by atoms with E-state index in [2.05, 4.69) is 16.0 Å². The number of fused-ring (bicyclic) bond motifs is 1. The molecule has 260 valence electrons. The molecule has 0 spiro atoms. The van der Waals surface area contributed by atoms with Crippen molar-refractivity contribution in [1.82, 2.24) is 20.9 Å². The number of alkyl carbamates (subject to hydrolysis) is 1. The van der Waals surface area contributed by atoms with E-state index in [0.717, 1.165) is 4.90 Å². The van der Waals surface area contributed by atoms with Crippen molar-refractivity contribution in [1.29, 1.82) is 0 Å². The third-order valence-corrected chi connectivity index (χ3v) is 8.59. The number of aliphatic carboxylic acids is 1. The van der Waals surface area contributed by atoms with E-state index >= 15 is 8.78 Å². The fourth-order valence-electron chi connectivity index (χ4n) is 6.26. The molecule has 1 aromatic carbocycles. The maximum absolute atomic E-state index is 15.0. The number of nitrogens with zero attached hydrogens (tertiary/aromatic N) is 1. The Bertz CT molecular complexity index is 1330. The molecule has 1 heterocycles. The molecule has 12 nitrogen and oxygen atoms in total. The van der Waals surface area contributed by atoms with Gasteiger partial charge in [-0.05, 0) is 43.6 Å². The Hall–Kier alpha value is -4.10. The van der Waals surface area contributed by atoms with E-state index in [9.17, 15) is 33.9 Å². The van der Waals surface area contributed by atoms with Crippen LogP contribution < -0.4 is 16.0 Å². The quantitative estimate of drug-likeness (QED) is 0.233. The minimum atomic E-state index is -3.15. The van der Waals surface area contributed by atoms with Crippen molar-refractivity contribution in [3.8, 4) is 0 Å². The molecule has 0 aromatic heterocycles. The van der Waals surface area contributed by atoms with E-state index < -0.39 is 102 Å². The number of likely N-dealkylation sites (tertiary alicyclic amines) is 1. The third kappa shape index (κ3) is 9.25. The van der Waals surface area contributed by atoms with Gasteiger partial charge in [-0.15, -0.1) is 0 Å². The van der Waals surface area contributed by atoms with Crippen LogP contribution in [0.1, 0.15) is 72.8 Å². The zero-order chi connectivity index (χ0) is 35.3. The minimum absolute atomic E-state index is 0.00739. The maximum Gasteiger partial charge on any atom is 0.408 e. The largest absolute Gasteiger partial charge is 0.480 e. The van der Waals surface area contributed by atoms with Crippen molar-refractivity contribution in [2.45, 2.75) is 110 Å². The van der Waals surface area contributed by atoms with Gasteiger partial charge in [0.25, 0.3) is 11.8 Å². The predicted molar refractivity (Wildman–Crippen MR) is 166 cm³/mol. The molecule has 0 radical (unpaired) electrons. The highest BCUT2D eigenvalue weighted by molar-refractivity contribution is 6.38. The average Bonchev–Trinajstić information content (AvgIpc) is 3.51. The number of rotatable bonds is 13. The molecule has 0 bridgehead atoms. The number of benzene rings is 1. The van der Waals surface area contributed by atoms with Crippen LogP contribution in [-0.2, 0) is 35.1 Å². The van der Waals surface area contributed by atoms with Gasteiger partial charge in [0.2, 0.25) is 17.6 Å². The second-order valence-corrected chi connectivity index (χ2v) is 13.7. The van der Waals surface area contributed by atoms with E-state index in [4.69, 9.17) is 4.74 Å². The number of carbonyl (C=O) groups excluding carboxylic acids is 5. The SMILES string of the molecule is CCCC(NC(=O)[C@@H]1[C@H]2CCC(F)(F)C2CN1C(=O)[C@@H](NC(=O)OC(C)C)C(C)(C)C)C(=O)C(=O)N[C@H](Cc1ccccc1)C(=O)O. The first kappa shape index (κ1) is 37.4. The molecule has 4 N–H and O–H groups in total. The molecule has 2 fully saturated rings. The normalized spacial score (nSPS) is 22.1. The molecular formula is C33H46F2N4O8. The molecule has 47 heavy (non-hydrogen) atoms. The Morgan fingerprint density at radius 1 is 1.02 bits per heavy atom. The Labute approximate surface area is 273 Å². The number of nitrogens with one attached hydrogen (secondary N) is 3. The van der Waals surface area contributed by atoms with Crippen molar-refractivity contribution in [3.63, 3.8) is 0 Å². The number of ether oxygens (including phenoxy) is 1. The lowest BCUT2D eigenvalue weighted by Gasteiger charge is -2.36. The van der Waals surface area contributed by atoms with Gasteiger partial charge in [0, 0.05) is 25.3 Å². The number of carboxylic acids is 1. The topological polar surface area (TPSA) is 171 Å². The van der Waals surface area contributed by atoms with Crippen LogP contribution in [0.4, 0.5) is 13.6 Å². The van der Waals surface area contributed by atoms with Gasteiger partial charge in [0.1, 0.15) is 18.1 Å². The summed E-state index contributed by atoms with van der Waals surface area (Å²) in [4.78, 5) is 79.6. The Kier molecular flexibility index (Phi) is 12.1. The van der Waals surface area contributed by atoms with Gasteiger partial charge in [-0.2, -0.15) is 0 Å². The lowest BCUT2D eigenvalue weighted by molar-refractivity contribution is -0.146. The molecule has 1 saturated heterocycles. The molecule has 2 unspecified atom stereocenters. The number of halogens is 2. The molecule has 1 saturated carbocycles. The summed E-state index contributed by atoms with van der Waals surface area (Å²) in [5.74, 6) is -10.8. The monoisotopic (exact) mass is 664 g/mol. The second kappa shape index (κ2) is 15.2. The molecule has 4 amide bonds. The number of hydrogen-bond acceptors (Lipinski definition) is 7. The van der Waals surface area contributed by atoms with E-state index in [0.29, 0.717) is 12.0 Å². The number of hydrogen-bond donors (Lipinski definition) is 4. The molecule has 14 heteroatoms. The van der Waals surface area contributed by atoms with Crippen LogP contribution in [0.2, 0.25) is 0 Å². The fourth-order valence-corrected chi connectivity index (χ4v) is 6.26. The first-order chi connectivity index (χ1) is 21.9. The van der Waals surface area contributed by atoms with Crippen molar-refractivity contribution in [2.24, 2.45) is 17.3 Å². The maximum atomic E-state index is 15.0. The smallest absolute Gasteiger partial charge is 0.408 e. The van der Waals surface area contributed by atoms with Crippen LogP contribution in [0.25, 0.3) is 0 Å². The van der Waals surface area contributed by atoms with Crippen molar-refractivity contribution < 1.29 is 47.4 Å². The summed E-state index contributed by atoms with van der Waals surface area (Å²) in [6.45, 7) is 9.50. The summed E-state index contributed by atoms with van der Waals surface area (Å²) in [6.07, 6.45) is -1.68. The average molecular weight is 665 g/mol. The van der Waals surface area contributed by atoms with E-state index in [1.807, 2.05) is 0 Å². The standard InChI is InChI=1S/C33H46F2N4O8/c1-7-11-22(25(40)28(42)37-23(30(44)45)16-19-12-9-8-10-13-19)36-27(41)24-20-14-15-33(34,35)21(20)17-39(24)29(43)26(32(4,5)6)38-31(46)47-18(2)3/h8-10,12-13,18,20-24,26H,7,11,14-17H2,1-6H3,(H,36,41)(H,37,42)(H,38,46)(H,44,45)/t20-,21?,22?,23+,24-,26+/m0/s1. The van der Waals surface area contributed by atoms with E-state index in [1.165, 1.54) is 0 Å². The number of Topliss-reactive ketones (excluding diaryl/α,β-unsaturated/α-hetero) is 1. The van der Waals surface area contributed by atoms with Crippen LogP contribution >= 0.6 is 0 Å². The summed E-state index contributed by atoms with van der Waals surface area (Å²) in [5.41, 5.74) is -0.298. The van der Waals surface area contributed by atoms with E-state index in [1.54, 1.807) is 71.9 Å². The van der Waals surface area contributed by atoms with Gasteiger partial charge in [0.15, 0.2) is 0 Å². The van der Waals surface area contributed by atoms with Gasteiger partial charge in [0.05, 0.1) is 12.1 Å². The summed E-state index contributed by atoms with van der Waals surface area (Å²) in [5, 5.41) is 16.9. The van der Waals surface area contributed by atoms with Crippen molar-refractivity contribution >= 4 is 35.6 Å². The highest BCUT2D eigenvalue weighted by Gasteiger charge is 2.61. The number of alkyl halides is 2. The molecular weight excluding hydrogens is 618 g/mol. The number of amides is 4. The Morgan fingerprint density at radius 3 is 2.21 bits per heavy atom. The number of ketones is 1. The summed E-state index contributed by atoms with van der Waals surface area (Å²) in [6, 6.07) is 3.00. The van der Waals surface area contributed by atoms with Gasteiger partial charge < -0.3 is 30.7 Å².